The number of nitrogens with zero attached hydrogens (tertiary/aromatic N) is 4. The van der Waals surface area contributed by atoms with Crippen molar-refractivity contribution < 1.29 is 9.59 Å². The molecule has 0 radical (unpaired) electrons. The lowest BCUT2D eigenvalue weighted by Crippen LogP contribution is -2.51. The Morgan fingerprint density at radius 3 is 2.75 bits per heavy atom. The second-order valence-electron chi connectivity index (χ2n) is 4.50. The number of amides is 2. The molecule has 0 saturated carbocycles. The molecule has 8 heteroatoms. The van der Waals surface area contributed by atoms with Crippen LogP contribution in [0.4, 0.5) is 0 Å². The Bertz CT molecular complexity index is 464. The molecule has 1 aromatic rings. The summed E-state index contributed by atoms with van der Waals surface area (Å²) in [7, 11) is 0. The van der Waals surface area contributed by atoms with Gasteiger partial charge in [0.1, 0.15) is 6.33 Å². The van der Waals surface area contributed by atoms with Gasteiger partial charge in [-0.1, -0.05) is 6.08 Å². The van der Waals surface area contributed by atoms with Crippen LogP contribution in [0.2, 0.25) is 0 Å². The zero-order valence-corrected chi connectivity index (χ0v) is 11.2. The lowest BCUT2D eigenvalue weighted by atomic mass is 10.3. The Morgan fingerprint density at radius 2 is 2.15 bits per heavy atom. The number of rotatable bonds is 5. The van der Waals surface area contributed by atoms with Gasteiger partial charge >= 0.3 is 0 Å². The average molecular weight is 278 g/mol. The van der Waals surface area contributed by atoms with Crippen LogP contribution in [-0.4, -0.2) is 76.1 Å². The third kappa shape index (κ3) is 3.64. The van der Waals surface area contributed by atoms with Crippen molar-refractivity contribution in [2.45, 2.75) is 0 Å². The summed E-state index contributed by atoms with van der Waals surface area (Å²) in [5, 5.41) is 8.96. The van der Waals surface area contributed by atoms with Gasteiger partial charge in [-0.15, -0.1) is 6.58 Å². The summed E-state index contributed by atoms with van der Waals surface area (Å²) in [6, 6.07) is 0. The van der Waals surface area contributed by atoms with Crippen LogP contribution in [0.3, 0.4) is 0 Å². The second-order valence-corrected chi connectivity index (χ2v) is 4.50. The summed E-state index contributed by atoms with van der Waals surface area (Å²) in [4.78, 5) is 31.2. The van der Waals surface area contributed by atoms with E-state index >= 15 is 0 Å². The summed E-state index contributed by atoms with van der Waals surface area (Å²) < 4.78 is 0. The predicted octanol–water partition coefficient (Wildman–Crippen LogP) is -1.14. The third-order valence-corrected chi connectivity index (χ3v) is 3.09. The number of carbonyl (C=O) groups is 2. The zero-order chi connectivity index (χ0) is 14.4. The van der Waals surface area contributed by atoms with Crippen LogP contribution in [0.5, 0.6) is 0 Å². The van der Waals surface area contributed by atoms with E-state index in [4.69, 9.17) is 0 Å². The average Bonchev–Trinajstić information content (AvgIpc) is 2.99. The van der Waals surface area contributed by atoms with Crippen LogP contribution < -0.4 is 5.32 Å². The van der Waals surface area contributed by atoms with Gasteiger partial charge < -0.3 is 10.2 Å². The standard InChI is InChI=1S/C12H18N6O2/c1-2-3-13-10(19)8-17-4-6-18(7-5-17)12(20)11-14-9-15-16-11/h2,9H,1,3-8H2,(H,13,19)(H,14,15,16). The van der Waals surface area contributed by atoms with Crippen LogP contribution in [-0.2, 0) is 4.79 Å². The van der Waals surface area contributed by atoms with Gasteiger partial charge in [0.15, 0.2) is 0 Å². The number of piperazine rings is 1. The molecular formula is C12H18N6O2. The van der Waals surface area contributed by atoms with Crippen molar-refractivity contribution in [3.63, 3.8) is 0 Å². The molecule has 1 aromatic heterocycles. The first-order valence-electron chi connectivity index (χ1n) is 6.45. The first-order chi connectivity index (χ1) is 9.70. The molecule has 1 saturated heterocycles. The van der Waals surface area contributed by atoms with Crippen molar-refractivity contribution in [1.82, 2.24) is 30.3 Å². The van der Waals surface area contributed by atoms with Crippen molar-refractivity contribution in [2.24, 2.45) is 0 Å². The molecule has 1 aliphatic rings. The molecule has 1 aliphatic heterocycles. The minimum Gasteiger partial charge on any atom is -0.352 e. The Kier molecular flexibility index (Phi) is 4.83. The molecule has 2 amide bonds. The zero-order valence-electron chi connectivity index (χ0n) is 11.2. The Hall–Kier alpha value is -2.22. The molecular weight excluding hydrogens is 260 g/mol. The van der Waals surface area contributed by atoms with Gasteiger partial charge in [0, 0.05) is 32.7 Å². The molecule has 0 bridgehead atoms. The fourth-order valence-electron chi connectivity index (χ4n) is 2.01. The maximum atomic E-state index is 12.0. The minimum absolute atomic E-state index is 0.0279. The molecule has 0 aliphatic carbocycles. The van der Waals surface area contributed by atoms with Crippen LogP contribution in [0.1, 0.15) is 10.6 Å². The molecule has 0 spiro atoms. The summed E-state index contributed by atoms with van der Waals surface area (Å²) in [6.45, 7) is 6.86. The van der Waals surface area contributed by atoms with Crippen LogP contribution >= 0.6 is 0 Å². The lowest BCUT2D eigenvalue weighted by Gasteiger charge is -2.33. The van der Waals surface area contributed by atoms with E-state index < -0.39 is 0 Å². The normalized spacial score (nSPS) is 15.9. The number of nitrogens with one attached hydrogen (secondary N) is 2. The highest BCUT2D eigenvalue weighted by Gasteiger charge is 2.24. The smallest absolute Gasteiger partial charge is 0.291 e. The van der Waals surface area contributed by atoms with Crippen molar-refractivity contribution in [1.29, 1.82) is 0 Å². The number of aromatic amines is 1. The first-order valence-corrected chi connectivity index (χ1v) is 6.45. The van der Waals surface area contributed by atoms with Gasteiger partial charge in [-0.25, -0.2) is 4.98 Å². The highest BCUT2D eigenvalue weighted by Crippen LogP contribution is 2.04. The number of carbonyl (C=O) groups excluding carboxylic acids is 2. The number of hydrogen-bond donors (Lipinski definition) is 2. The van der Waals surface area contributed by atoms with Gasteiger partial charge in [-0.2, -0.15) is 5.10 Å². The van der Waals surface area contributed by atoms with E-state index in [2.05, 4.69) is 27.1 Å². The summed E-state index contributed by atoms with van der Waals surface area (Å²) in [6.07, 6.45) is 2.96. The van der Waals surface area contributed by atoms with E-state index in [1.165, 1.54) is 6.33 Å². The van der Waals surface area contributed by atoms with Gasteiger partial charge in [0.2, 0.25) is 11.7 Å². The Balaban J connectivity index is 1.76. The van der Waals surface area contributed by atoms with E-state index in [1.807, 2.05) is 4.90 Å². The van der Waals surface area contributed by atoms with E-state index in [9.17, 15) is 9.59 Å². The second kappa shape index (κ2) is 6.80. The van der Waals surface area contributed by atoms with E-state index in [-0.39, 0.29) is 17.6 Å². The summed E-state index contributed by atoms with van der Waals surface area (Å²) in [5.41, 5.74) is 0. The molecule has 0 aromatic carbocycles. The molecule has 0 unspecified atom stereocenters. The van der Waals surface area contributed by atoms with E-state index in [1.54, 1.807) is 11.0 Å². The quantitative estimate of drug-likeness (QED) is 0.664. The topological polar surface area (TPSA) is 94.2 Å². The molecule has 1 fully saturated rings. The molecule has 0 atom stereocenters. The number of aromatic nitrogens is 3. The number of H-pyrrole nitrogens is 1. The van der Waals surface area contributed by atoms with Gasteiger partial charge in [-0.05, 0) is 0 Å². The van der Waals surface area contributed by atoms with E-state index in [0.717, 1.165) is 0 Å². The lowest BCUT2D eigenvalue weighted by molar-refractivity contribution is -0.122. The number of hydrogen-bond acceptors (Lipinski definition) is 5. The Labute approximate surface area is 116 Å². The SMILES string of the molecule is C=CCNC(=O)CN1CCN(C(=O)c2ncn[nH]2)CC1. The minimum atomic E-state index is -0.154. The van der Waals surface area contributed by atoms with Gasteiger partial charge in [0.05, 0.1) is 6.54 Å². The monoisotopic (exact) mass is 278 g/mol. The van der Waals surface area contributed by atoms with Crippen LogP contribution in [0, 0.1) is 0 Å². The highest BCUT2D eigenvalue weighted by atomic mass is 16.2. The molecule has 2 heterocycles. The third-order valence-electron chi connectivity index (χ3n) is 3.09. The largest absolute Gasteiger partial charge is 0.352 e. The van der Waals surface area contributed by atoms with E-state index in [0.29, 0.717) is 39.3 Å². The molecule has 2 N–H and O–H groups in total. The van der Waals surface area contributed by atoms with Crippen molar-refractivity contribution >= 4 is 11.8 Å². The predicted molar refractivity (Wildman–Crippen MR) is 71.9 cm³/mol. The Morgan fingerprint density at radius 1 is 1.40 bits per heavy atom. The molecule has 108 valence electrons. The van der Waals surface area contributed by atoms with Crippen molar-refractivity contribution in [3.8, 4) is 0 Å². The highest BCUT2D eigenvalue weighted by molar-refractivity contribution is 5.90. The van der Waals surface area contributed by atoms with Crippen LogP contribution in [0.15, 0.2) is 19.0 Å². The fraction of sp³-hybridized carbons (Fsp3) is 0.500. The maximum Gasteiger partial charge on any atom is 0.291 e. The summed E-state index contributed by atoms with van der Waals surface area (Å²) in [5.74, 6) is 0.0698. The molecule has 20 heavy (non-hydrogen) atoms. The van der Waals surface area contributed by atoms with Crippen molar-refractivity contribution in [2.75, 3.05) is 39.3 Å². The van der Waals surface area contributed by atoms with Gasteiger partial charge in [-0.3, -0.25) is 19.6 Å². The van der Waals surface area contributed by atoms with Gasteiger partial charge in [0.25, 0.3) is 5.91 Å². The molecule has 8 nitrogen and oxygen atoms in total. The maximum absolute atomic E-state index is 12.0. The van der Waals surface area contributed by atoms with Crippen molar-refractivity contribution in [3.05, 3.63) is 24.8 Å². The van der Waals surface area contributed by atoms with Crippen LogP contribution in [0.25, 0.3) is 0 Å². The molecule has 2 rings (SSSR count). The fourth-order valence-corrected chi connectivity index (χ4v) is 2.01. The first kappa shape index (κ1) is 14.2. The summed E-state index contributed by atoms with van der Waals surface area (Å²) >= 11 is 0.